The molecule has 0 aliphatic rings. The van der Waals surface area contributed by atoms with Crippen LogP contribution >= 0.6 is 0 Å². The SMILES string of the molecule is C=C(Oc1ccc(C(=O)O)cc1)C(CON)c1coc2ccccc12. The monoisotopic (exact) mass is 339 g/mol. The molecule has 1 atom stereocenters. The fourth-order valence-electron chi connectivity index (χ4n) is 2.61. The Morgan fingerprint density at radius 1 is 1.20 bits per heavy atom. The Morgan fingerprint density at radius 2 is 1.92 bits per heavy atom. The van der Waals surface area contributed by atoms with Gasteiger partial charge in [-0.25, -0.2) is 10.7 Å². The summed E-state index contributed by atoms with van der Waals surface area (Å²) < 4.78 is 11.3. The van der Waals surface area contributed by atoms with E-state index in [1.807, 2.05) is 24.3 Å². The van der Waals surface area contributed by atoms with Crippen LogP contribution in [0, 0.1) is 0 Å². The molecule has 128 valence electrons. The lowest BCUT2D eigenvalue weighted by atomic mass is 9.98. The van der Waals surface area contributed by atoms with E-state index in [-0.39, 0.29) is 18.1 Å². The molecule has 0 bridgehead atoms. The maximum absolute atomic E-state index is 10.9. The second kappa shape index (κ2) is 7.21. The second-order valence-electron chi connectivity index (χ2n) is 5.47. The molecule has 6 nitrogen and oxygen atoms in total. The van der Waals surface area contributed by atoms with Crippen molar-refractivity contribution in [3.8, 4) is 5.75 Å². The summed E-state index contributed by atoms with van der Waals surface area (Å²) in [6, 6.07) is 13.7. The smallest absolute Gasteiger partial charge is 0.335 e. The topological polar surface area (TPSA) is 94.9 Å². The van der Waals surface area contributed by atoms with Crippen molar-refractivity contribution >= 4 is 16.9 Å². The zero-order valence-corrected chi connectivity index (χ0v) is 13.3. The van der Waals surface area contributed by atoms with Crippen LogP contribution in [0.2, 0.25) is 0 Å². The molecule has 1 heterocycles. The second-order valence-corrected chi connectivity index (χ2v) is 5.47. The number of fused-ring (bicyclic) bond motifs is 1. The average molecular weight is 339 g/mol. The maximum Gasteiger partial charge on any atom is 0.335 e. The van der Waals surface area contributed by atoms with E-state index in [9.17, 15) is 4.79 Å². The third-order valence-corrected chi connectivity index (χ3v) is 3.89. The maximum atomic E-state index is 10.9. The molecule has 0 amide bonds. The number of carboxylic acid groups (broad SMARTS) is 1. The van der Waals surface area contributed by atoms with Crippen LogP contribution in [0.15, 0.2) is 71.5 Å². The molecule has 0 aliphatic heterocycles. The molecule has 0 spiro atoms. The highest BCUT2D eigenvalue weighted by molar-refractivity contribution is 5.87. The minimum absolute atomic E-state index is 0.162. The fraction of sp³-hybridized carbons (Fsp3) is 0.105. The summed E-state index contributed by atoms with van der Waals surface area (Å²) >= 11 is 0. The largest absolute Gasteiger partial charge is 0.478 e. The van der Waals surface area contributed by atoms with Gasteiger partial charge in [0.2, 0.25) is 0 Å². The molecule has 3 aromatic rings. The average Bonchev–Trinajstić information content (AvgIpc) is 3.04. The predicted molar refractivity (Wildman–Crippen MR) is 92.3 cm³/mol. The van der Waals surface area contributed by atoms with Gasteiger partial charge in [-0.3, -0.25) is 0 Å². The van der Waals surface area contributed by atoms with Gasteiger partial charge in [-0.15, -0.1) is 0 Å². The van der Waals surface area contributed by atoms with Crippen molar-refractivity contribution in [2.75, 3.05) is 6.61 Å². The Kier molecular flexibility index (Phi) is 4.83. The van der Waals surface area contributed by atoms with E-state index in [1.165, 1.54) is 12.1 Å². The normalized spacial score (nSPS) is 12.0. The van der Waals surface area contributed by atoms with Crippen LogP contribution in [-0.2, 0) is 4.84 Å². The number of aromatic carboxylic acids is 1. The zero-order valence-electron chi connectivity index (χ0n) is 13.3. The molecule has 3 rings (SSSR count). The van der Waals surface area contributed by atoms with E-state index in [2.05, 4.69) is 6.58 Å². The number of hydrogen-bond donors (Lipinski definition) is 2. The van der Waals surface area contributed by atoms with Crippen molar-refractivity contribution < 1.29 is 23.9 Å². The van der Waals surface area contributed by atoms with E-state index in [1.54, 1.807) is 18.4 Å². The van der Waals surface area contributed by atoms with Crippen LogP contribution in [0.4, 0.5) is 0 Å². The summed E-state index contributed by atoms with van der Waals surface area (Å²) in [6.45, 7) is 4.14. The minimum Gasteiger partial charge on any atom is -0.478 e. The van der Waals surface area contributed by atoms with Gasteiger partial charge in [0.1, 0.15) is 17.1 Å². The van der Waals surface area contributed by atoms with E-state index >= 15 is 0 Å². The zero-order chi connectivity index (χ0) is 17.8. The van der Waals surface area contributed by atoms with Gasteiger partial charge in [0.25, 0.3) is 0 Å². The van der Waals surface area contributed by atoms with Crippen molar-refractivity contribution in [1.29, 1.82) is 0 Å². The highest BCUT2D eigenvalue weighted by Gasteiger charge is 2.22. The Bertz CT molecular complexity index is 898. The molecule has 25 heavy (non-hydrogen) atoms. The summed E-state index contributed by atoms with van der Waals surface area (Å²) in [5.74, 6) is 4.83. The fourth-order valence-corrected chi connectivity index (χ4v) is 2.61. The molecule has 3 N–H and O–H groups in total. The molecule has 1 unspecified atom stereocenters. The van der Waals surface area contributed by atoms with Crippen LogP contribution in [-0.4, -0.2) is 17.7 Å². The van der Waals surface area contributed by atoms with Crippen LogP contribution in [0.1, 0.15) is 21.8 Å². The molecule has 0 fully saturated rings. The highest BCUT2D eigenvalue weighted by atomic mass is 16.6. The Balaban J connectivity index is 1.85. The molecule has 0 radical (unpaired) electrons. The van der Waals surface area contributed by atoms with E-state index in [0.717, 1.165) is 16.5 Å². The number of carbonyl (C=O) groups is 1. The van der Waals surface area contributed by atoms with E-state index < -0.39 is 5.97 Å². The van der Waals surface area contributed by atoms with Crippen molar-refractivity contribution in [3.63, 3.8) is 0 Å². The first-order chi connectivity index (χ1) is 12.1. The molecule has 6 heteroatoms. The number of para-hydroxylation sites is 1. The first-order valence-corrected chi connectivity index (χ1v) is 7.58. The Labute approximate surface area is 144 Å². The molecular formula is C19H17NO5. The van der Waals surface area contributed by atoms with Crippen molar-refractivity contribution in [2.45, 2.75) is 5.92 Å². The van der Waals surface area contributed by atoms with Gasteiger partial charge in [-0.05, 0) is 30.3 Å². The summed E-state index contributed by atoms with van der Waals surface area (Å²) in [5.41, 5.74) is 1.78. The van der Waals surface area contributed by atoms with Gasteiger partial charge in [0.05, 0.1) is 24.4 Å². The molecule has 2 aromatic carbocycles. The third-order valence-electron chi connectivity index (χ3n) is 3.89. The molecule has 0 aliphatic carbocycles. The van der Waals surface area contributed by atoms with Crippen molar-refractivity contribution in [2.24, 2.45) is 5.90 Å². The van der Waals surface area contributed by atoms with Gasteiger partial charge in [0, 0.05) is 10.9 Å². The van der Waals surface area contributed by atoms with Crippen LogP contribution in [0.3, 0.4) is 0 Å². The Hall–Kier alpha value is -3.09. The standard InChI is InChI=1S/C19H17NO5/c1-12(25-14-8-6-13(7-9-14)19(21)22)16(11-24-20)17-10-23-18-5-3-2-4-15(17)18/h2-10,16H,1,11,20H2,(H,21,22). The lowest BCUT2D eigenvalue weighted by Gasteiger charge is -2.18. The van der Waals surface area contributed by atoms with E-state index in [4.69, 9.17) is 25.0 Å². The number of carboxylic acids is 1. The first kappa shape index (κ1) is 16.8. The quantitative estimate of drug-likeness (QED) is 0.503. The van der Waals surface area contributed by atoms with Gasteiger partial charge in [-0.2, -0.15) is 0 Å². The predicted octanol–water partition coefficient (Wildman–Crippen LogP) is 3.70. The van der Waals surface area contributed by atoms with Gasteiger partial charge in [0.15, 0.2) is 0 Å². The molecule has 1 aromatic heterocycles. The first-order valence-electron chi connectivity index (χ1n) is 7.58. The summed E-state index contributed by atoms with van der Waals surface area (Å²) in [7, 11) is 0. The van der Waals surface area contributed by atoms with Crippen molar-refractivity contribution in [1.82, 2.24) is 0 Å². The van der Waals surface area contributed by atoms with Crippen LogP contribution < -0.4 is 10.6 Å². The number of ether oxygens (including phenoxy) is 1. The number of nitrogens with two attached hydrogens (primary N) is 1. The molecule has 0 saturated heterocycles. The van der Waals surface area contributed by atoms with Crippen LogP contribution in [0.25, 0.3) is 11.0 Å². The summed E-state index contributed by atoms with van der Waals surface area (Å²) in [4.78, 5) is 15.7. The lowest BCUT2D eigenvalue weighted by Crippen LogP contribution is -2.16. The lowest BCUT2D eigenvalue weighted by molar-refractivity contribution is 0.0697. The van der Waals surface area contributed by atoms with Crippen molar-refractivity contribution in [3.05, 3.63) is 78.3 Å². The summed E-state index contributed by atoms with van der Waals surface area (Å²) in [6.07, 6.45) is 1.64. The Morgan fingerprint density at radius 3 is 2.60 bits per heavy atom. The van der Waals surface area contributed by atoms with E-state index in [0.29, 0.717) is 11.5 Å². The van der Waals surface area contributed by atoms with Gasteiger partial charge < -0.3 is 19.1 Å². The molecular weight excluding hydrogens is 322 g/mol. The summed E-state index contributed by atoms with van der Waals surface area (Å²) in [5, 5.41) is 9.87. The third kappa shape index (κ3) is 3.55. The number of rotatable bonds is 7. The highest BCUT2D eigenvalue weighted by Crippen LogP contribution is 2.33. The number of benzene rings is 2. The van der Waals surface area contributed by atoms with Gasteiger partial charge >= 0.3 is 5.97 Å². The van der Waals surface area contributed by atoms with Gasteiger partial charge in [-0.1, -0.05) is 24.8 Å². The van der Waals surface area contributed by atoms with Crippen LogP contribution in [0.5, 0.6) is 5.75 Å². The molecule has 0 saturated carbocycles. The number of hydrogen-bond acceptors (Lipinski definition) is 5. The number of furan rings is 1. The minimum atomic E-state index is -0.996.